The molecule has 1 aromatic rings. The predicted octanol–water partition coefficient (Wildman–Crippen LogP) is 2.92. The highest BCUT2D eigenvalue weighted by molar-refractivity contribution is 7.92. The van der Waals surface area contributed by atoms with Crippen molar-refractivity contribution < 1.29 is 26.0 Å². The second kappa shape index (κ2) is 5.46. The van der Waals surface area contributed by atoms with Gasteiger partial charge < -0.3 is 5.73 Å². The van der Waals surface area contributed by atoms with Gasteiger partial charge in [-0.25, -0.2) is 12.8 Å². The molecule has 3 nitrogen and oxygen atoms in total. The van der Waals surface area contributed by atoms with Crippen LogP contribution in [-0.2, 0) is 9.84 Å². The molecule has 0 aromatic heterocycles. The van der Waals surface area contributed by atoms with E-state index in [0.717, 1.165) is 6.07 Å². The van der Waals surface area contributed by atoms with Crippen molar-refractivity contribution >= 4 is 9.84 Å². The molecule has 0 saturated heterocycles. The van der Waals surface area contributed by atoms with Gasteiger partial charge in [-0.1, -0.05) is 25.5 Å². The van der Waals surface area contributed by atoms with Crippen LogP contribution in [0.3, 0.4) is 0 Å². The molecule has 1 atom stereocenters. The van der Waals surface area contributed by atoms with E-state index in [1.807, 2.05) is 0 Å². The molecule has 0 fully saturated rings. The van der Waals surface area contributed by atoms with Gasteiger partial charge in [-0.15, -0.1) is 0 Å². The summed E-state index contributed by atoms with van der Waals surface area (Å²) in [6, 6.07) is 1.98. The van der Waals surface area contributed by atoms with Crippen molar-refractivity contribution in [1.82, 2.24) is 0 Å². The Kier molecular flexibility index (Phi) is 4.57. The molecule has 0 heterocycles. The zero-order valence-corrected chi connectivity index (χ0v) is 10.9. The molecule has 0 aliphatic heterocycles. The average Bonchev–Trinajstić information content (AvgIpc) is 2.27. The molecule has 0 bridgehead atoms. The standard InChI is InChI=1S/C11H13F4NO2S/c1-2-4-8(16)7-5-3-6-9(10(7)12)19(17,18)11(13,14)15/h3,5-6,8H,2,4,16H2,1H3/t8-/m1/s1. The van der Waals surface area contributed by atoms with Gasteiger partial charge in [-0.3, -0.25) is 0 Å². The van der Waals surface area contributed by atoms with Crippen LogP contribution in [0.1, 0.15) is 31.4 Å². The molecule has 0 aliphatic carbocycles. The van der Waals surface area contributed by atoms with Crippen LogP contribution in [0.5, 0.6) is 0 Å². The molecule has 0 amide bonds. The molecule has 0 radical (unpaired) electrons. The third-order valence-electron chi connectivity index (χ3n) is 2.59. The van der Waals surface area contributed by atoms with Crippen LogP contribution in [0.25, 0.3) is 0 Å². The summed E-state index contributed by atoms with van der Waals surface area (Å²) in [5.74, 6) is -1.43. The molecule has 0 aliphatic rings. The van der Waals surface area contributed by atoms with Crippen molar-refractivity contribution in [3.05, 3.63) is 29.6 Å². The number of rotatable bonds is 4. The Labute approximate surface area is 108 Å². The average molecular weight is 299 g/mol. The number of hydrogen-bond donors (Lipinski definition) is 1. The number of benzene rings is 1. The Morgan fingerprint density at radius 3 is 2.37 bits per heavy atom. The minimum Gasteiger partial charge on any atom is -0.324 e. The zero-order chi connectivity index (χ0) is 14.8. The molecule has 1 aromatic carbocycles. The van der Waals surface area contributed by atoms with Gasteiger partial charge in [0.15, 0.2) is 0 Å². The fraction of sp³-hybridized carbons (Fsp3) is 0.455. The normalized spacial score (nSPS) is 14.4. The minimum absolute atomic E-state index is 0.229. The summed E-state index contributed by atoms with van der Waals surface area (Å²) in [7, 11) is -5.71. The topological polar surface area (TPSA) is 60.2 Å². The van der Waals surface area contributed by atoms with Crippen molar-refractivity contribution in [2.75, 3.05) is 0 Å². The lowest BCUT2D eigenvalue weighted by atomic mass is 10.0. The Balaban J connectivity index is 3.38. The van der Waals surface area contributed by atoms with Gasteiger partial charge in [0, 0.05) is 11.6 Å². The fourth-order valence-electron chi connectivity index (χ4n) is 1.61. The first kappa shape index (κ1) is 15.9. The summed E-state index contributed by atoms with van der Waals surface area (Å²) in [6.07, 6.45) is 0.934. The van der Waals surface area contributed by atoms with E-state index in [-0.39, 0.29) is 5.56 Å². The summed E-state index contributed by atoms with van der Waals surface area (Å²) in [5.41, 5.74) is -0.158. The third kappa shape index (κ3) is 3.06. The first-order valence-corrected chi connectivity index (χ1v) is 6.96. The molecule has 2 N–H and O–H groups in total. The highest BCUT2D eigenvalue weighted by Gasteiger charge is 2.48. The molecular weight excluding hydrogens is 286 g/mol. The number of halogens is 4. The van der Waals surface area contributed by atoms with Gasteiger partial charge in [-0.2, -0.15) is 13.2 Å². The third-order valence-corrected chi connectivity index (χ3v) is 4.09. The second-order valence-electron chi connectivity index (χ2n) is 4.00. The van der Waals surface area contributed by atoms with Crippen LogP contribution >= 0.6 is 0 Å². The summed E-state index contributed by atoms with van der Waals surface area (Å²) < 4.78 is 73.5. The summed E-state index contributed by atoms with van der Waals surface area (Å²) in [5, 5.41) is 0. The van der Waals surface area contributed by atoms with Crippen molar-refractivity contribution in [3.63, 3.8) is 0 Å². The number of nitrogens with two attached hydrogens (primary N) is 1. The van der Waals surface area contributed by atoms with Gasteiger partial charge in [0.1, 0.15) is 10.7 Å². The Morgan fingerprint density at radius 1 is 1.32 bits per heavy atom. The molecule has 0 unspecified atom stereocenters. The molecule has 108 valence electrons. The van der Waals surface area contributed by atoms with E-state index < -0.39 is 32.1 Å². The number of sulfone groups is 1. The minimum atomic E-state index is -5.71. The highest BCUT2D eigenvalue weighted by Crippen LogP contribution is 2.33. The molecule has 1 rings (SSSR count). The second-order valence-corrected chi connectivity index (χ2v) is 5.91. The number of alkyl halides is 3. The van der Waals surface area contributed by atoms with Gasteiger partial charge in [-0.05, 0) is 12.5 Å². The Hall–Kier alpha value is -1.15. The molecule has 0 saturated carbocycles. The lowest BCUT2D eigenvalue weighted by Crippen LogP contribution is -2.25. The quantitative estimate of drug-likeness (QED) is 0.870. The van der Waals surface area contributed by atoms with E-state index in [2.05, 4.69) is 0 Å². The van der Waals surface area contributed by atoms with Crippen LogP contribution in [0, 0.1) is 5.82 Å². The van der Waals surface area contributed by atoms with Crippen molar-refractivity contribution in [1.29, 1.82) is 0 Å². The van der Waals surface area contributed by atoms with Crippen molar-refractivity contribution in [3.8, 4) is 0 Å². The van der Waals surface area contributed by atoms with Crippen molar-refractivity contribution in [2.24, 2.45) is 5.73 Å². The Morgan fingerprint density at radius 2 is 1.89 bits per heavy atom. The maximum Gasteiger partial charge on any atom is 0.502 e. The fourth-order valence-corrected chi connectivity index (χ4v) is 2.47. The van der Waals surface area contributed by atoms with E-state index in [0.29, 0.717) is 18.9 Å². The summed E-state index contributed by atoms with van der Waals surface area (Å²) in [6.45, 7) is 1.77. The van der Waals surface area contributed by atoms with E-state index in [9.17, 15) is 26.0 Å². The first-order valence-electron chi connectivity index (χ1n) is 5.48. The van der Waals surface area contributed by atoms with Crippen LogP contribution < -0.4 is 5.73 Å². The van der Waals surface area contributed by atoms with Crippen LogP contribution in [-0.4, -0.2) is 13.9 Å². The zero-order valence-electron chi connectivity index (χ0n) is 10.0. The van der Waals surface area contributed by atoms with Gasteiger partial charge in [0.2, 0.25) is 0 Å². The van der Waals surface area contributed by atoms with E-state index in [1.54, 1.807) is 6.92 Å². The largest absolute Gasteiger partial charge is 0.502 e. The van der Waals surface area contributed by atoms with Gasteiger partial charge >= 0.3 is 5.51 Å². The SMILES string of the molecule is CCC[C@@H](N)c1cccc(S(=O)(=O)C(F)(F)F)c1F. The molecule has 19 heavy (non-hydrogen) atoms. The maximum absolute atomic E-state index is 13.9. The summed E-state index contributed by atoms with van der Waals surface area (Å²) >= 11 is 0. The summed E-state index contributed by atoms with van der Waals surface area (Å²) in [4.78, 5) is -1.39. The number of hydrogen-bond acceptors (Lipinski definition) is 3. The molecular formula is C11H13F4NO2S. The van der Waals surface area contributed by atoms with Crippen LogP contribution in [0.2, 0.25) is 0 Å². The Bertz CT molecular complexity index is 554. The lowest BCUT2D eigenvalue weighted by molar-refractivity contribution is -0.0437. The monoisotopic (exact) mass is 299 g/mol. The smallest absolute Gasteiger partial charge is 0.324 e. The van der Waals surface area contributed by atoms with Gasteiger partial charge in [0.25, 0.3) is 9.84 Å². The maximum atomic E-state index is 13.9. The van der Waals surface area contributed by atoms with E-state index in [4.69, 9.17) is 5.73 Å². The first-order chi connectivity index (χ1) is 8.63. The van der Waals surface area contributed by atoms with Gasteiger partial charge in [0.05, 0.1) is 0 Å². The lowest BCUT2D eigenvalue weighted by Gasteiger charge is -2.15. The highest BCUT2D eigenvalue weighted by atomic mass is 32.2. The van der Waals surface area contributed by atoms with Crippen molar-refractivity contribution in [2.45, 2.75) is 36.2 Å². The van der Waals surface area contributed by atoms with Crippen LogP contribution in [0.4, 0.5) is 17.6 Å². The molecule has 0 spiro atoms. The van der Waals surface area contributed by atoms with E-state index in [1.165, 1.54) is 6.07 Å². The van der Waals surface area contributed by atoms with E-state index >= 15 is 0 Å². The molecule has 8 heteroatoms. The van der Waals surface area contributed by atoms with Crippen LogP contribution in [0.15, 0.2) is 23.1 Å². The predicted molar refractivity (Wildman–Crippen MR) is 61.5 cm³/mol.